The summed E-state index contributed by atoms with van der Waals surface area (Å²) in [5.41, 5.74) is 2.90. The molecule has 0 aliphatic rings. The van der Waals surface area contributed by atoms with E-state index >= 15 is 0 Å². The first kappa shape index (κ1) is 23.5. The van der Waals surface area contributed by atoms with E-state index in [9.17, 15) is 14.9 Å². The zero-order valence-electron chi connectivity index (χ0n) is 18.1. The highest BCUT2D eigenvalue weighted by Crippen LogP contribution is 2.24. The van der Waals surface area contributed by atoms with Gasteiger partial charge in [0.25, 0.3) is 5.56 Å². The molecular weight excluding hydrogens is 444 g/mol. The Kier molecular flexibility index (Phi) is 7.10. The van der Waals surface area contributed by atoms with Crippen molar-refractivity contribution in [1.29, 1.82) is 5.26 Å². The maximum Gasteiger partial charge on any atom is 0.412 e. The maximum absolute atomic E-state index is 12.3. The number of ether oxygens (including phenoxy) is 1. The number of hydrogen-bond donors (Lipinski definition) is 3. The Morgan fingerprint density at radius 2 is 1.94 bits per heavy atom. The van der Waals surface area contributed by atoms with Gasteiger partial charge < -0.3 is 4.74 Å². The van der Waals surface area contributed by atoms with Gasteiger partial charge in [0.05, 0.1) is 22.6 Å². The van der Waals surface area contributed by atoms with Crippen molar-refractivity contribution < 1.29 is 9.53 Å². The van der Waals surface area contributed by atoms with Crippen LogP contribution in [0.15, 0.2) is 58.4 Å². The molecule has 0 spiro atoms. The molecule has 0 saturated carbocycles. The first-order valence-corrected chi connectivity index (χ1v) is 10.2. The molecule has 0 radical (unpaired) electrons. The third kappa shape index (κ3) is 6.18. The van der Waals surface area contributed by atoms with Crippen molar-refractivity contribution in [2.45, 2.75) is 26.4 Å². The second-order valence-electron chi connectivity index (χ2n) is 7.81. The summed E-state index contributed by atoms with van der Waals surface area (Å²) in [5.74, 6) is 0.0304. The molecule has 3 N–H and O–H groups in total. The number of amides is 1. The highest BCUT2D eigenvalue weighted by Gasteiger charge is 2.18. The molecule has 0 fully saturated rings. The Balaban J connectivity index is 1.87. The lowest BCUT2D eigenvalue weighted by molar-refractivity contribution is 0.0636. The van der Waals surface area contributed by atoms with E-state index in [0.717, 1.165) is 0 Å². The lowest BCUT2D eigenvalue weighted by Gasteiger charge is -2.20. The molecular formula is C23H21ClN6O3. The van der Waals surface area contributed by atoms with Gasteiger partial charge in [-0.3, -0.25) is 15.1 Å². The van der Waals surface area contributed by atoms with Crippen molar-refractivity contribution in [3.8, 4) is 17.3 Å². The molecule has 0 atom stereocenters. The fourth-order valence-corrected chi connectivity index (χ4v) is 3.01. The molecule has 3 rings (SSSR count). The number of carbonyl (C=O) groups is 1. The van der Waals surface area contributed by atoms with Crippen LogP contribution in [-0.2, 0) is 4.74 Å². The predicted molar refractivity (Wildman–Crippen MR) is 128 cm³/mol. The lowest BCUT2D eigenvalue weighted by Crippen LogP contribution is -2.27. The molecule has 168 valence electrons. The highest BCUT2D eigenvalue weighted by atomic mass is 35.5. The van der Waals surface area contributed by atoms with Crippen molar-refractivity contribution >= 4 is 35.5 Å². The number of rotatable bonds is 5. The van der Waals surface area contributed by atoms with E-state index in [1.165, 1.54) is 6.21 Å². The minimum absolute atomic E-state index is 0.0304. The number of nitriles is 1. The van der Waals surface area contributed by atoms with E-state index in [0.29, 0.717) is 21.8 Å². The Morgan fingerprint density at radius 1 is 1.21 bits per heavy atom. The summed E-state index contributed by atoms with van der Waals surface area (Å²) in [6.45, 7) is 5.27. The molecule has 0 saturated heterocycles. The largest absolute Gasteiger partial charge is 0.444 e. The molecule has 0 bridgehead atoms. The van der Waals surface area contributed by atoms with E-state index in [1.54, 1.807) is 63.2 Å². The van der Waals surface area contributed by atoms with Crippen molar-refractivity contribution in [1.82, 2.24) is 9.97 Å². The molecule has 1 aromatic heterocycles. The van der Waals surface area contributed by atoms with Crippen LogP contribution in [-0.4, -0.2) is 27.9 Å². The topological polar surface area (TPSA) is 132 Å². The predicted octanol–water partition coefficient (Wildman–Crippen LogP) is 4.75. The number of nitrogens with zero attached hydrogens (tertiary/aromatic N) is 3. The summed E-state index contributed by atoms with van der Waals surface area (Å²) < 4.78 is 5.27. The van der Waals surface area contributed by atoms with Crippen LogP contribution in [0.25, 0.3) is 11.3 Å². The van der Waals surface area contributed by atoms with Crippen LogP contribution in [0, 0.1) is 11.3 Å². The molecule has 2 aromatic carbocycles. The first-order chi connectivity index (χ1) is 15.7. The summed E-state index contributed by atoms with van der Waals surface area (Å²) in [6.07, 6.45) is 0.730. The first-order valence-electron chi connectivity index (χ1n) is 9.85. The molecule has 1 amide bonds. The summed E-state index contributed by atoms with van der Waals surface area (Å²) in [4.78, 5) is 31.3. The van der Waals surface area contributed by atoms with Gasteiger partial charge in [-0.25, -0.2) is 15.2 Å². The van der Waals surface area contributed by atoms with Crippen molar-refractivity contribution in [3.63, 3.8) is 0 Å². The minimum Gasteiger partial charge on any atom is -0.444 e. The van der Waals surface area contributed by atoms with E-state index in [1.807, 2.05) is 12.1 Å². The fourth-order valence-electron chi connectivity index (χ4n) is 2.78. The smallest absolute Gasteiger partial charge is 0.412 e. The quantitative estimate of drug-likeness (QED) is 0.368. The van der Waals surface area contributed by atoms with Gasteiger partial charge in [0.15, 0.2) is 0 Å². The third-order valence-corrected chi connectivity index (χ3v) is 4.46. The van der Waals surface area contributed by atoms with Gasteiger partial charge >= 0.3 is 6.09 Å². The van der Waals surface area contributed by atoms with Gasteiger partial charge in [-0.15, -0.1) is 0 Å². The van der Waals surface area contributed by atoms with E-state index in [2.05, 4.69) is 25.8 Å². The number of anilines is 2. The van der Waals surface area contributed by atoms with Gasteiger partial charge in [-0.1, -0.05) is 48.0 Å². The number of halogens is 1. The van der Waals surface area contributed by atoms with Crippen LogP contribution >= 0.6 is 11.6 Å². The monoisotopic (exact) mass is 464 g/mol. The average molecular weight is 465 g/mol. The summed E-state index contributed by atoms with van der Waals surface area (Å²) in [5, 5.41) is 16.4. The van der Waals surface area contributed by atoms with Crippen molar-refractivity contribution in [2.24, 2.45) is 5.10 Å². The Labute approximate surface area is 195 Å². The third-order valence-electron chi connectivity index (χ3n) is 4.13. The number of nitrogens with one attached hydrogen (secondary N) is 3. The number of aromatic amines is 1. The Bertz CT molecular complexity index is 1290. The van der Waals surface area contributed by atoms with Crippen molar-refractivity contribution in [3.05, 3.63) is 75.0 Å². The zero-order valence-corrected chi connectivity index (χ0v) is 18.9. The molecule has 33 heavy (non-hydrogen) atoms. The summed E-state index contributed by atoms with van der Waals surface area (Å²) >= 11 is 6.28. The molecule has 1 heterocycles. The van der Waals surface area contributed by atoms with Crippen molar-refractivity contribution in [2.75, 3.05) is 10.7 Å². The SMILES string of the molecule is CC(C)(C)OC(=O)Nc1cccc(Cl)c1C=NNc1nc(-c2ccccc2)c(C#N)c(=O)[nH]1. The standard InChI is InChI=1S/C23H21ClN6O3/c1-23(2,3)33-22(32)27-18-11-7-10-17(24)16(18)13-26-30-21-28-19(14-8-5-4-6-9-14)15(12-25)20(31)29-21/h4-11,13H,1-3H3,(H,27,32)(H2,28,29,30,31). The molecule has 0 unspecified atom stereocenters. The maximum atomic E-state index is 12.3. The second-order valence-corrected chi connectivity index (χ2v) is 8.22. The summed E-state index contributed by atoms with van der Waals surface area (Å²) in [7, 11) is 0. The van der Waals surface area contributed by atoms with Crippen LogP contribution < -0.4 is 16.3 Å². The fraction of sp³-hybridized carbons (Fsp3) is 0.174. The molecule has 0 aliphatic carbocycles. The number of aromatic nitrogens is 2. The van der Waals surface area contributed by atoms with Crippen LogP contribution in [0.5, 0.6) is 0 Å². The Hall–Kier alpha value is -4.16. The zero-order chi connectivity index (χ0) is 24.0. The minimum atomic E-state index is -0.665. The van der Waals surface area contributed by atoms with E-state index < -0.39 is 17.3 Å². The van der Waals surface area contributed by atoms with Crippen LogP contribution in [0.3, 0.4) is 0 Å². The average Bonchev–Trinajstić information content (AvgIpc) is 2.74. The van der Waals surface area contributed by atoms with Crippen LogP contribution in [0.4, 0.5) is 16.4 Å². The molecule has 10 heteroatoms. The van der Waals surface area contributed by atoms with E-state index in [-0.39, 0.29) is 17.2 Å². The normalized spacial score (nSPS) is 11.1. The van der Waals surface area contributed by atoms with E-state index in [4.69, 9.17) is 16.3 Å². The van der Waals surface area contributed by atoms with Gasteiger partial charge in [0.1, 0.15) is 17.2 Å². The summed E-state index contributed by atoms with van der Waals surface area (Å²) in [6, 6.07) is 15.7. The number of carbonyl (C=O) groups excluding carboxylic acids is 1. The molecule has 9 nitrogen and oxygen atoms in total. The number of H-pyrrole nitrogens is 1. The van der Waals surface area contributed by atoms with Crippen LogP contribution in [0.1, 0.15) is 31.9 Å². The Morgan fingerprint density at radius 3 is 2.61 bits per heavy atom. The number of hydrazone groups is 1. The lowest BCUT2D eigenvalue weighted by atomic mass is 10.1. The van der Waals surface area contributed by atoms with Gasteiger partial charge in [0.2, 0.25) is 5.95 Å². The molecule has 0 aliphatic heterocycles. The van der Waals surface area contributed by atoms with Gasteiger partial charge in [-0.2, -0.15) is 10.4 Å². The van der Waals surface area contributed by atoms with Gasteiger partial charge in [-0.05, 0) is 32.9 Å². The number of hydrogen-bond acceptors (Lipinski definition) is 7. The second kappa shape index (κ2) is 9.97. The molecule has 3 aromatic rings. The highest BCUT2D eigenvalue weighted by molar-refractivity contribution is 6.33. The van der Waals surface area contributed by atoms with Crippen LogP contribution in [0.2, 0.25) is 5.02 Å². The number of benzene rings is 2. The van der Waals surface area contributed by atoms with Gasteiger partial charge in [0, 0.05) is 11.1 Å².